The number of para-hydroxylation sites is 1. The fraction of sp³-hybridized carbons (Fsp3) is 0.400. The van der Waals surface area contributed by atoms with Crippen LogP contribution in [-0.4, -0.2) is 12.0 Å². The molecule has 1 unspecified atom stereocenters. The lowest BCUT2D eigenvalue weighted by atomic mass is 9.95. The molecule has 0 bridgehead atoms. The van der Waals surface area contributed by atoms with E-state index in [2.05, 4.69) is 48.4 Å². The van der Waals surface area contributed by atoms with Gasteiger partial charge in [-0.3, -0.25) is 4.98 Å². The third-order valence-corrected chi connectivity index (χ3v) is 3.11. The molecule has 2 nitrogen and oxygen atoms in total. The van der Waals surface area contributed by atoms with E-state index in [1.165, 1.54) is 10.9 Å². The molecule has 0 aliphatic rings. The van der Waals surface area contributed by atoms with Crippen molar-refractivity contribution in [2.45, 2.75) is 26.3 Å². The Kier molecular flexibility index (Phi) is 3.75. The second-order valence-electron chi connectivity index (χ2n) is 4.89. The number of pyridine rings is 1. The van der Waals surface area contributed by atoms with E-state index in [4.69, 9.17) is 0 Å². The van der Waals surface area contributed by atoms with Gasteiger partial charge in [-0.05, 0) is 37.1 Å². The molecule has 0 aliphatic heterocycles. The van der Waals surface area contributed by atoms with Crippen LogP contribution in [0.15, 0.2) is 36.5 Å². The van der Waals surface area contributed by atoms with Gasteiger partial charge in [-0.15, -0.1) is 0 Å². The number of nitrogens with one attached hydrogen (secondary N) is 1. The third-order valence-electron chi connectivity index (χ3n) is 3.11. The molecule has 0 saturated heterocycles. The van der Waals surface area contributed by atoms with Crippen LogP contribution in [0.4, 0.5) is 0 Å². The number of nitrogens with zero attached hydrogens (tertiary/aromatic N) is 1. The second kappa shape index (κ2) is 5.28. The van der Waals surface area contributed by atoms with Crippen molar-refractivity contribution in [3.8, 4) is 0 Å². The molecule has 0 fully saturated rings. The van der Waals surface area contributed by atoms with Crippen LogP contribution in [0, 0.1) is 5.92 Å². The van der Waals surface area contributed by atoms with Crippen LogP contribution in [0.5, 0.6) is 0 Å². The van der Waals surface area contributed by atoms with Crippen molar-refractivity contribution < 1.29 is 0 Å². The van der Waals surface area contributed by atoms with E-state index in [1.54, 1.807) is 0 Å². The van der Waals surface area contributed by atoms with Gasteiger partial charge >= 0.3 is 0 Å². The molecule has 2 aromatic rings. The summed E-state index contributed by atoms with van der Waals surface area (Å²) < 4.78 is 0. The topological polar surface area (TPSA) is 24.9 Å². The summed E-state index contributed by atoms with van der Waals surface area (Å²) in [7, 11) is 2.03. The molecule has 1 aromatic heterocycles. The number of benzene rings is 1. The monoisotopic (exact) mass is 228 g/mol. The molecule has 0 spiro atoms. The zero-order chi connectivity index (χ0) is 12.3. The van der Waals surface area contributed by atoms with Crippen molar-refractivity contribution in [3.05, 3.63) is 42.1 Å². The van der Waals surface area contributed by atoms with Gasteiger partial charge in [0.2, 0.25) is 0 Å². The summed E-state index contributed by atoms with van der Waals surface area (Å²) in [6.45, 7) is 4.52. The Labute approximate surface area is 103 Å². The predicted molar refractivity (Wildman–Crippen MR) is 73.0 cm³/mol. The molecule has 0 saturated carbocycles. The molecule has 0 radical (unpaired) electrons. The van der Waals surface area contributed by atoms with Crippen LogP contribution in [0.1, 0.15) is 31.9 Å². The summed E-state index contributed by atoms with van der Waals surface area (Å²) in [4.78, 5) is 4.41. The average molecular weight is 228 g/mol. The first kappa shape index (κ1) is 12.1. The first-order valence-electron chi connectivity index (χ1n) is 6.23. The van der Waals surface area contributed by atoms with Crippen molar-refractivity contribution >= 4 is 10.9 Å². The highest BCUT2D eigenvalue weighted by Crippen LogP contribution is 2.26. The van der Waals surface area contributed by atoms with Crippen molar-refractivity contribution in [1.82, 2.24) is 10.3 Å². The van der Waals surface area contributed by atoms with E-state index >= 15 is 0 Å². The molecule has 1 aromatic carbocycles. The molecular weight excluding hydrogens is 208 g/mol. The number of hydrogen-bond donors (Lipinski definition) is 1. The Morgan fingerprint density at radius 2 is 1.94 bits per heavy atom. The van der Waals surface area contributed by atoms with Crippen LogP contribution >= 0.6 is 0 Å². The number of fused-ring (bicyclic) bond motifs is 1. The van der Waals surface area contributed by atoms with Crippen LogP contribution in [0.3, 0.4) is 0 Å². The first-order chi connectivity index (χ1) is 8.22. The standard InChI is InChI=1S/C15H20N2/c1-11(2)10-15(16-3)13-8-9-17-14-7-5-4-6-12(13)14/h4-9,11,15-16H,10H2,1-3H3. The van der Waals surface area contributed by atoms with Gasteiger partial charge < -0.3 is 5.32 Å². The van der Waals surface area contributed by atoms with Gasteiger partial charge in [0.15, 0.2) is 0 Å². The number of hydrogen-bond acceptors (Lipinski definition) is 2. The molecular formula is C15H20N2. The predicted octanol–water partition coefficient (Wildman–Crippen LogP) is 3.54. The minimum atomic E-state index is 0.405. The van der Waals surface area contributed by atoms with Gasteiger partial charge in [0.1, 0.15) is 0 Å². The molecule has 17 heavy (non-hydrogen) atoms. The third kappa shape index (κ3) is 2.64. The van der Waals surface area contributed by atoms with Gasteiger partial charge in [0, 0.05) is 17.6 Å². The Bertz CT molecular complexity index is 486. The summed E-state index contributed by atoms with van der Waals surface area (Å²) in [5.74, 6) is 0.680. The molecule has 2 rings (SSSR count). The van der Waals surface area contributed by atoms with Crippen molar-refractivity contribution in [1.29, 1.82) is 0 Å². The maximum absolute atomic E-state index is 4.41. The zero-order valence-corrected chi connectivity index (χ0v) is 10.8. The largest absolute Gasteiger partial charge is 0.313 e. The summed E-state index contributed by atoms with van der Waals surface area (Å²) in [6.07, 6.45) is 3.05. The van der Waals surface area contributed by atoms with E-state index in [1.807, 2.05) is 19.3 Å². The second-order valence-corrected chi connectivity index (χ2v) is 4.89. The quantitative estimate of drug-likeness (QED) is 0.865. The summed E-state index contributed by atoms with van der Waals surface area (Å²) in [5, 5.41) is 4.67. The fourth-order valence-corrected chi connectivity index (χ4v) is 2.29. The van der Waals surface area contributed by atoms with E-state index in [-0.39, 0.29) is 0 Å². The van der Waals surface area contributed by atoms with Crippen molar-refractivity contribution in [2.24, 2.45) is 5.92 Å². The van der Waals surface area contributed by atoms with E-state index in [0.717, 1.165) is 11.9 Å². The number of aromatic nitrogens is 1. The maximum atomic E-state index is 4.41. The highest BCUT2D eigenvalue weighted by atomic mass is 14.9. The fourth-order valence-electron chi connectivity index (χ4n) is 2.29. The van der Waals surface area contributed by atoms with E-state index in [9.17, 15) is 0 Å². The lowest BCUT2D eigenvalue weighted by Crippen LogP contribution is -2.18. The molecule has 90 valence electrons. The normalized spacial score (nSPS) is 13.2. The van der Waals surface area contributed by atoms with Gasteiger partial charge in [0.25, 0.3) is 0 Å². The molecule has 2 heteroatoms. The van der Waals surface area contributed by atoms with Crippen LogP contribution < -0.4 is 5.32 Å². The Balaban J connectivity index is 2.46. The lowest BCUT2D eigenvalue weighted by Gasteiger charge is -2.20. The van der Waals surface area contributed by atoms with Gasteiger partial charge in [-0.1, -0.05) is 32.0 Å². The molecule has 0 amide bonds. The summed E-state index contributed by atoms with van der Waals surface area (Å²) >= 11 is 0. The van der Waals surface area contributed by atoms with Crippen LogP contribution in [-0.2, 0) is 0 Å². The van der Waals surface area contributed by atoms with Crippen LogP contribution in [0.25, 0.3) is 10.9 Å². The smallest absolute Gasteiger partial charge is 0.0705 e. The highest BCUT2D eigenvalue weighted by Gasteiger charge is 2.13. The minimum Gasteiger partial charge on any atom is -0.313 e. The highest BCUT2D eigenvalue weighted by molar-refractivity contribution is 5.82. The Morgan fingerprint density at radius 1 is 1.18 bits per heavy atom. The molecule has 0 aliphatic carbocycles. The molecule has 1 N–H and O–H groups in total. The first-order valence-corrected chi connectivity index (χ1v) is 6.23. The maximum Gasteiger partial charge on any atom is 0.0705 e. The average Bonchev–Trinajstić information content (AvgIpc) is 2.35. The lowest BCUT2D eigenvalue weighted by molar-refractivity contribution is 0.459. The zero-order valence-electron chi connectivity index (χ0n) is 10.8. The van der Waals surface area contributed by atoms with Crippen LogP contribution in [0.2, 0.25) is 0 Å². The van der Waals surface area contributed by atoms with Crippen molar-refractivity contribution in [2.75, 3.05) is 7.05 Å². The Morgan fingerprint density at radius 3 is 2.65 bits per heavy atom. The molecule has 1 atom stereocenters. The van der Waals surface area contributed by atoms with Gasteiger partial charge in [-0.2, -0.15) is 0 Å². The summed E-state index contributed by atoms with van der Waals surface area (Å²) in [5.41, 5.74) is 2.43. The van der Waals surface area contributed by atoms with Gasteiger partial charge in [0.05, 0.1) is 5.52 Å². The SMILES string of the molecule is CNC(CC(C)C)c1ccnc2ccccc12. The Hall–Kier alpha value is -1.41. The van der Waals surface area contributed by atoms with E-state index < -0.39 is 0 Å². The summed E-state index contributed by atoms with van der Waals surface area (Å²) in [6, 6.07) is 10.9. The van der Waals surface area contributed by atoms with E-state index in [0.29, 0.717) is 12.0 Å². The minimum absolute atomic E-state index is 0.405. The van der Waals surface area contributed by atoms with Gasteiger partial charge in [-0.25, -0.2) is 0 Å². The number of rotatable bonds is 4. The van der Waals surface area contributed by atoms with Crippen molar-refractivity contribution in [3.63, 3.8) is 0 Å². The molecule has 1 heterocycles.